The third-order valence-corrected chi connectivity index (χ3v) is 3.39. The molecule has 2 rings (SSSR count). The number of carbonyl (C=O) groups is 1. The van der Waals surface area contributed by atoms with Gasteiger partial charge in [-0.3, -0.25) is 4.79 Å². The molecule has 0 aliphatic rings. The molecular formula is C17H24N2O2. The van der Waals surface area contributed by atoms with E-state index in [2.05, 4.69) is 39.2 Å². The van der Waals surface area contributed by atoms with Crippen LogP contribution in [0.2, 0.25) is 0 Å². The van der Waals surface area contributed by atoms with Gasteiger partial charge < -0.3 is 9.67 Å². The van der Waals surface area contributed by atoms with E-state index in [1.54, 1.807) is 0 Å². The summed E-state index contributed by atoms with van der Waals surface area (Å²) in [7, 11) is 0. The number of benzene rings is 1. The lowest BCUT2D eigenvalue weighted by Gasteiger charge is -2.21. The molecule has 114 valence electrons. The van der Waals surface area contributed by atoms with Crippen molar-refractivity contribution in [2.75, 3.05) is 0 Å². The molecule has 1 heterocycles. The number of aromatic nitrogens is 2. The normalized spacial score (nSPS) is 12.3. The SMILES string of the molecule is CC(C)Cn1c(C(C)(C)C)nc2cc(CC(=O)O)ccc21. The summed E-state index contributed by atoms with van der Waals surface area (Å²) < 4.78 is 2.27. The van der Waals surface area contributed by atoms with E-state index in [4.69, 9.17) is 10.1 Å². The van der Waals surface area contributed by atoms with Crippen molar-refractivity contribution in [2.24, 2.45) is 5.92 Å². The van der Waals surface area contributed by atoms with Gasteiger partial charge in [-0.1, -0.05) is 40.7 Å². The molecule has 0 unspecified atom stereocenters. The fraction of sp³-hybridized carbons (Fsp3) is 0.529. The summed E-state index contributed by atoms with van der Waals surface area (Å²) in [5.41, 5.74) is 2.73. The van der Waals surface area contributed by atoms with Crippen LogP contribution in [-0.2, 0) is 23.2 Å². The second kappa shape index (κ2) is 5.51. The Morgan fingerprint density at radius 3 is 2.52 bits per heavy atom. The number of hydrogen-bond donors (Lipinski definition) is 1. The Bertz CT molecular complexity index is 663. The van der Waals surface area contributed by atoms with E-state index in [9.17, 15) is 4.79 Å². The van der Waals surface area contributed by atoms with Crippen molar-refractivity contribution in [1.29, 1.82) is 0 Å². The summed E-state index contributed by atoms with van der Waals surface area (Å²) in [5, 5.41) is 8.92. The van der Waals surface area contributed by atoms with Gasteiger partial charge in [-0.25, -0.2) is 4.98 Å². The van der Waals surface area contributed by atoms with Crippen molar-refractivity contribution in [3.8, 4) is 0 Å². The summed E-state index contributed by atoms with van der Waals surface area (Å²) in [5.74, 6) is 0.771. The van der Waals surface area contributed by atoms with Gasteiger partial charge in [0.05, 0.1) is 17.5 Å². The first kappa shape index (κ1) is 15.5. The summed E-state index contributed by atoms with van der Waals surface area (Å²) >= 11 is 0. The van der Waals surface area contributed by atoms with Crippen LogP contribution in [-0.4, -0.2) is 20.6 Å². The van der Waals surface area contributed by atoms with Gasteiger partial charge in [0.1, 0.15) is 5.82 Å². The first-order chi connectivity index (χ1) is 9.68. The molecule has 0 bridgehead atoms. The molecule has 21 heavy (non-hydrogen) atoms. The van der Waals surface area contributed by atoms with Crippen LogP contribution in [0.15, 0.2) is 18.2 Å². The van der Waals surface area contributed by atoms with Crippen LogP contribution in [0.5, 0.6) is 0 Å². The molecule has 0 aliphatic heterocycles. The lowest BCUT2D eigenvalue weighted by Crippen LogP contribution is -2.20. The second-order valence-corrected chi connectivity index (χ2v) is 7.08. The number of carboxylic acids is 1. The van der Waals surface area contributed by atoms with Gasteiger partial charge in [-0.2, -0.15) is 0 Å². The van der Waals surface area contributed by atoms with Crippen LogP contribution in [0, 0.1) is 5.92 Å². The number of fused-ring (bicyclic) bond motifs is 1. The van der Waals surface area contributed by atoms with Gasteiger partial charge in [0.25, 0.3) is 0 Å². The molecule has 0 aliphatic carbocycles. The number of imidazole rings is 1. The fourth-order valence-corrected chi connectivity index (χ4v) is 2.58. The smallest absolute Gasteiger partial charge is 0.307 e. The highest BCUT2D eigenvalue weighted by Crippen LogP contribution is 2.28. The second-order valence-electron chi connectivity index (χ2n) is 7.08. The van der Waals surface area contributed by atoms with Crippen molar-refractivity contribution in [2.45, 2.75) is 53.0 Å². The van der Waals surface area contributed by atoms with E-state index in [-0.39, 0.29) is 11.8 Å². The monoisotopic (exact) mass is 288 g/mol. The van der Waals surface area contributed by atoms with Crippen molar-refractivity contribution < 1.29 is 9.90 Å². The summed E-state index contributed by atoms with van der Waals surface area (Å²) in [6.45, 7) is 11.8. The zero-order valence-corrected chi connectivity index (χ0v) is 13.5. The lowest BCUT2D eigenvalue weighted by molar-refractivity contribution is -0.136. The van der Waals surface area contributed by atoms with Crippen LogP contribution in [0.25, 0.3) is 11.0 Å². The molecule has 1 aromatic heterocycles. The zero-order chi connectivity index (χ0) is 15.8. The Labute approximate surface area is 125 Å². The Balaban J connectivity index is 2.58. The van der Waals surface area contributed by atoms with Gasteiger partial charge in [0, 0.05) is 12.0 Å². The van der Waals surface area contributed by atoms with E-state index >= 15 is 0 Å². The van der Waals surface area contributed by atoms with Crippen molar-refractivity contribution in [3.63, 3.8) is 0 Å². The highest BCUT2D eigenvalue weighted by atomic mass is 16.4. The minimum atomic E-state index is -0.813. The average Bonchev–Trinajstić information content (AvgIpc) is 2.65. The van der Waals surface area contributed by atoms with Crippen LogP contribution in [0.4, 0.5) is 0 Å². The number of aliphatic carboxylic acids is 1. The fourth-order valence-electron chi connectivity index (χ4n) is 2.58. The van der Waals surface area contributed by atoms with E-state index < -0.39 is 5.97 Å². The minimum Gasteiger partial charge on any atom is -0.481 e. The van der Waals surface area contributed by atoms with E-state index in [0.29, 0.717) is 5.92 Å². The number of carboxylic acid groups (broad SMARTS) is 1. The minimum absolute atomic E-state index is 0.0395. The summed E-state index contributed by atoms with van der Waals surface area (Å²) in [4.78, 5) is 15.6. The molecule has 1 aromatic carbocycles. The molecule has 4 heteroatoms. The molecule has 0 saturated carbocycles. The van der Waals surface area contributed by atoms with Crippen LogP contribution < -0.4 is 0 Å². The van der Waals surface area contributed by atoms with Crippen molar-refractivity contribution in [3.05, 3.63) is 29.6 Å². The first-order valence-corrected chi connectivity index (χ1v) is 7.40. The molecule has 0 fully saturated rings. The van der Waals surface area contributed by atoms with Gasteiger partial charge >= 0.3 is 5.97 Å². The van der Waals surface area contributed by atoms with E-state index in [1.165, 1.54) is 0 Å². The predicted molar refractivity (Wildman–Crippen MR) is 84.6 cm³/mol. The van der Waals surface area contributed by atoms with Crippen LogP contribution >= 0.6 is 0 Å². The predicted octanol–water partition coefficient (Wildman–Crippen LogP) is 3.62. The Kier molecular flexibility index (Phi) is 4.08. The molecule has 2 aromatic rings. The standard InChI is InChI=1S/C17H24N2O2/c1-11(2)10-19-14-7-6-12(9-15(20)21)8-13(14)18-16(19)17(3,4)5/h6-8,11H,9-10H2,1-5H3,(H,20,21). The Hall–Kier alpha value is -1.84. The van der Waals surface area contributed by atoms with Gasteiger partial charge in [-0.05, 0) is 23.6 Å². The van der Waals surface area contributed by atoms with Crippen molar-refractivity contribution in [1.82, 2.24) is 9.55 Å². The molecule has 0 atom stereocenters. The van der Waals surface area contributed by atoms with Crippen LogP contribution in [0.1, 0.15) is 46.0 Å². The highest BCUT2D eigenvalue weighted by molar-refractivity contribution is 5.79. The van der Waals surface area contributed by atoms with Gasteiger partial charge in [-0.15, -0.1) is 0 Å². The quantitative estimate of drug-likeness (QED) is 0.935. The van der Waals surface area contributed by atoms with E-state index in [1.807, 2.05) is 18.2 Å². The molecule has 0 saturated heterocycles. The van der Waals surface area contributed by atoms with Gasteiger partial charge in [0.2, 0.25) is 0 Å². The zero-order valence-electron chi connectivity index (χ0n) is 13.5. The molecule has 0 spiro atoms. The first-order valence-electron chi connectivity index (χ1n) is 7.40. The van der Waals surface area contributed by atoms with Crippen molar-refractivity contribution >= 4 is 17.0 Å². The lowest BCUT2D eigenvalue weighted by atomic mass is 9.95. The number of nitrogens with zero attached hydrogens (tertiary/aromatic N) is 2. The third-order valence-electron chi connectivity index (χ3n) is 3.39. The average molecular weight is 288 g/mol. The highest BCUT2D eigenvalue weighted by Gasteiger charge is 2.23. The van der Waals surface area contributed by atoms with Gasteiger partial charge in [0.15, 0.2) is 0 Å². The topological polar surface area (TPSA) is 55.1 Å². The van der Waals surface area contributed by atoms with E-state index in [0.717, 1.165) is 29.0 Å². The molecule has 4 nitrogen and oxygen atoms in total. The summed E-state index contributed by atoms with van der Waals surface area (Å²) in [6, 6.07) is 5.79. The summed E-state index contributed by atoms with van der Waals surface area (Å²) in [6.07, 6.45) is 0.0395. The molecule has 0 amide bonds. The largest absolute Gasteiger partial charge is 0.481 e. The Morgan fingerprint density at radius 2 is 2.00 bits per heavy atom. The number of hydrogen-bond acceptors (Lipinski definition) is 2. The molecule has 0 radical (unpaired) electrons. The maximum atomic E-state index is 10.9. The Morgan fingerprint density at radius 1 is 1.33 bits per heavy atom. The maximum Gasteiger partial charge on any atom is 0.307 e. The number of rotatable bonds is 4. The molecular weight excluding hydrogens is 264 g/mol. The van der Waals surface area contributed by atoms with Crippen LogP contribution in [0.3, 0.4) is 0 Å². The maximum absolute atomic E-state index is 10.9. The molecule has 1 N–H and O–H groups in total. The third kappa shape index (κ3) is 3.43.